The van der Waals surface area contributed by atoms with Gasteiger partial charge < -0.3 is 16.0 Å². The summed E-state index contributed by atoms with van der Waals surface area (Å²) in [6, 6.07) is 9.41. The van der Waals surface area contributed by atoms with E-state index in [1.165, 1.54) is 25.9 Å². The number of carbonyl (C=O) groups is 1. The summed E-state index contributed by atoms with van der Waals surface area (Å²) in [5.74, 6) is 0.889. The molecule has 1 aliphatic heterocycles. The van der Waals surface area contributed by atoms with Gasteiger partial charge in [-0.05, 0) is 49.5 Å². The third-order valence-corrected chi connectivity index (χ3v) is 5.52. The van der Waals surface area contributed by atoms with Crippen LogP contribution in [0.1, 0.15) is 23.2 Å². The molecule has 0 bridgehead atoms. The zero-order valence-corrected chi connectivity index (χ0v) is 15.3. The van der Waals surface area contributed by atoms with E-state index in [-0.39, 0.29) is 0 Å². The van der Waals surface area contributed by atoms with Gasteiger partial charge in [0.2, 0.25) is 0 Å². The molecule has 2 aromatic heterocycles. The molecule has 3 aromatic rings. The van der Waals surface area contributed by atoms with Gasteiger partial charge in [0.1, 0.15) is 5.82 Å². The van der Waals surface area contributed by atoms with Crippen molar-refractivity contribution in [2.45, 2.75) is 12.8 Å². The number of benzene rings is 1. The zero-order valence-electron chi connectivity index (χ0n) is 14.4. The van der Waals surface area contributed by atoms with Gasteiger partial charge in [-0.25, -0.2) is 9.97 Å². The van der Waals surface area contributed by atoms with Crippen LogP contribution in [0.3, 0.4) is 0 Å². The molecule has 4 rings (SSSR count). The van der Waals surface area contributed by atoms with Gasteiger partial charge in [-0.1, -0.05) is 12.1 Å². The van der Waals surface area contributed by atoms with Crippen LogP contribution in [0.15, 0.2) is 35.7 Å². The standard InChI is InChI=1S/C19H21N5OS/c20-17(25)13-5-3-6-14-16(13)22-19(15-7-4-12-26-15)23-18(14)21-8-11-24-9-1-2-10-24/h3-7,12H,1-2,8-11H2,(H2,20,25)(H,21,22,23). The minimum Gasteiger partial charge on any atom is -0.368 e. The van der Waals surface area contributed by atoms with E-state index in [2.05, 4.69) is 15.2 Å². The maximum Gasteiger partial charge on any atom is 0.250 e. The second kappa shape index (κ2) is 7.39. The van der Waals surface area contributed by atoms with Crippen molar-refractivity contribution in [2.24, 2.45) is 5.73 Å². The minimum absolute atomic E-state index is 0.422. The van der Waals surface area contributed by atoms with Gasteiger partial charge in [0.05, 0.1) is 16.0 Å². The molecule has 0 radical (unpaired) electrons. The maximum absolute atomic E-state index is 11.8. The highest BCUT2D eigenvalue weighted by molar-refractivity contribution is 7.13. The van der Waals surface area contributed by atoms with Crippen molar-refractivity contribution in [3.63, 3.8) is 0 Å². The molecule has 0 atom stereocenters. The summed E-state index contributed by atoms with van der Waals surface area (Å²) in [5.41, 5.74) is 6.58. The number of likely N-dealkylation sites (tertiary alicyclic amines) is 1. The first-order chi connectivity index (χ1) is 12.7. The van der Waals surface area contributed by atoms with Gasteiger partial charge in [0.25, 0.3) is 5.91 Å². The van der Waals surface area contributed by atoms with E-state index in [1.807, 2.05) is 29.6 Å². The predicted molar refractivity (Wildman–Crippen MR) is 106 cm³/mol. The number of aromatic nitrogens is 2. The van der Waals surface area contributed by atoms with E-state index >= 15 is 0 Å². The lowest BCUT2D eigenvalue weighted by Crippen LogP contribution is -2.26. The molecule has 1 aliphatic rings. The van der Waals surface area contributed by atoms with Crippen LogP contribution in [0.2, 0.25) is 0 Å². The lowest BCUT2D eigenvalue weighted by molar-refractivity contribution is 0.100. The lowest BCUT2D eigenvalue weighted by atomic mass is 10.1. The number of nitrogens with one attached hydrogen (secondary N) is 1. The SMILES string of the molecule is NC(=O)c1cccc2c(NCCN3CCCC3)nc(-c3cccs3)nc12. The van der Waals surface area contributed by atoms with E-state index in [1.54, 1.807) is 17.4 Å². The molecule has 0 saturated carbocycles. The summed E-state index contributed by atoms with van der Waals surface area (Å²) in [6.45, 7) is 4.11. The Morgan fingerprint density at radius 1 is 1.19 bits per heavy atom. The smallest absolute Gasteiger partial charge is 0.250 e. The van der Waals surface area contributed by atoms with Gasteiger partial charge >= 0.3 is 0 Å². The number of carbonyl (C=O) groups excluding carboxylic acids is 1. The molecule has 3 N–H and O–H groups in total. The van der Waals surface area contributed by atoms with Crippen LogP contribution in [-0.2, 0) is 0 Å². The molecule has 134 valence electrons. The fourth-order valence-electron chi connectivity index (χ4n) is 3.34. The van der Waals surface area contributed by atoms with Gasteiger partial charge in [-0.2, -0.15) is 0 Å². The third-order valence-electron chi connectivity index (χ3n) is 4.65. The molecule has 1 saturated heterocycles. The minimum atomic E-state index is -0.477. The molecule has 0 aliphatic carbocycles. The number of fused-ring (bicyclic) bond motifs is 1. The van der Waals surface area contributed by atoms with Gasteiger partial charge in [0.15, 0.2) is 5.82 Å². The number of hydrogen-bond acceptors (Lipinski definition) is 6. The van der Waals surface area contributed by atoms with Crippen LogP contribution in [0, 0.1) is 0 Å². The number of rotatable bonds is 6. The molecule has 6 nitrogen and oxygen atoms in total. The molecule has 1 amide bonds. The van der Waals surface area contributed by atoms with Crippen LogP contribution in [-0.4, -0.2) is 47.0 Å². The third kappa shape index (κ3) is 3.40. The summed E-state index contributed by atoms with van der Waals surface area (Å²) in [4.78, 5) is 24.6. The first kappa shape index (κ1) is 16.9. The normalized spacial score (nSPS) is 14.8. The van der Waals surface area contributed by atoms with Crippen LogP contribution in [0.25, 0.3) is 21.6 Å². The van der Waals surface area contributed by atoms with Gasteiger partial charge in [-0.3, -0.25) is 4.79 Å². The van der Waals surface area contributed by atoms with Gasteiger partial charge in [-0.15, -0.1) is 11.3 Å². The Hall–Kier alpha value is -2.51. The summed E-state index contributed by atoms with van der Waals surface area (Å²) in [5, 5.41) is 6.25. The van der Waals surface area contributed by atoms with Crippen molar-refractivity contribution >= 4 is 34.0 Å². The van der Waals surface area contributed by atoms with E-state index in [9.17, 15) is 4.79 Å². The molecule has 1 aromatic carbocycles. The number of hydrogen-bond donors (Lipinski definition) is 2. The maximum atomic E-state index is 11.8. The van der Waals surface area contributed by atoms with Crippen LogP contribution >= 0.6 is 11.3 Å². The number of thiophene rings is 1. The van der Waals surface area contributed by atoms with Crippen molar-refractivity contribution < 1.29 is 4.79 Å². The second-order valence-corrected chi connectivity index (χ2v) is 7.36. The molecular formula is C19H21N5OS. The molecule has 3 heterocycles. The zero-order chi connectivity index (χ0) is 17.9. The van der Waals surface area contributed by atoms with Crippen LogP contribution in [0.4, 0.5) is 5.82 Å². The Bertz CT molecular complexity index is 919. The second-order valence-electron chi connectivity index (χ2n) is 6.41. The van der Waals surface area contributed by atoms with Crippen molar-refractivity contribution in [2.75, 3.05) is 31.5 Å². The molecule has 0 unspecified atom stereocenters. The summed E-state index contributed by atoms with van der Waals surface area (Å²) in [7, 11) is 0. The Morgan fingerprint density at radius 2 is 2.04 bits per heavy atom. The Balaban J connectivity index is 1.71. The monoisotopic (exact) mass is 367 g/mol. The quantitative estimate of drug-likeness (QED) is 0.700. The first-order valence-electron chi connectivity index (χ1n) is 8.83. The average Bonchev–Trinajstić information content (AvgIpc) is 3.35. The Morgan fingerprint density at radius 3 is 2.77 bits per heavy atom. The van der Waals surface area contributed by atoms with E-state index in [4.69, 9.17) is 10.7 Å². The van der Waals surface area contributed by atoms with E-state index in [0.29, 0.717) is 16.9 Å². The number of nitrogens with two attached hydrogens (primary N) is 1. The van der Waals surface area contributed by atoms with Crippen LogP contribution < -0.4 is 11.1 Å². The average molecular weight is 367 g/mol. The molecule has 1 fully saturated rings. The molecule has 7 heteroatoms. The number of nitrogens with zero attached hydrogens (tertiary/aromatic N) is 3. The van der Waals surface area contributed by atoms with Crippen LogP contribution in [0.5, 0.6) is 0 Å². The Labute approximate surface area is 156 Å². The molecule has 26 heavy (non-hydrogen) atoms. The topological polar surface area (TPSA) is 84.1 Å². The number of amides is 1. The van der Waals surface area contributed by atoms with Gasteiger partial charge in [0, 0.05) is 18.5 Å². The Kier molecular flexibility index (Phi) is 4.81. The lowest BCUT2D eigenvalue weighted by Gasteiger charge is -2.16. The summed E-state index contributed by atoms with van der Waals surface area (Å²) < 4.78 is 0. The largest absolute Gasteiger partial charge is 0.368 e. The highest BCUT2D eigenvalue weighted by Crippen LogP contribution is 2.29. The fraction of sp³-hybridized carbons (Fsp3) is 0.316. The number of primary amides is 1. The van der Waals surface area contributed by atoms with Crippen molar-refractivity contribution in [3.05, 3.63) is 41.3 Å². The summed E-state index contributed by atoms with van der Waals surface area (Å²) >= 11 is 1.57. The molecular weight excluding hydrogens is 346 g/mol. The van der Waals surface area contributed by atoms with Crippen molar-refractivity contribution in [1.29, 1.82) is 0 Å². The highest BCUT2D eigenvalue weighted by Gasteiger charge is 2.16. The van der Waals surface area contributed by atoms with Crippen molar-refractivity contribution in [1.82, 2.24) is 14.9 Å². The number of anilines is 1. The molecule has 0 spiro atoms. The number of para-hydroxylation sites is 1. The predicted octanol–water partition coefficient (Wildman–Crippen LogP) is 2.96. The highest BCUT2D eigenvalue weighted by atomic mass is 32.1. The van der Waals surface area contributed by atoms with Crippen molar-refractivity contribution in [3.8, 4) is 10.7 Å². The fourth-order valence-corrected chi connectivity index (χ4v) is 4.00. The summed E-state index contributed by atoms with van der Waals surface area (Å²) in [6.07, 6.45) is 2.56. The van der Waals surface area contributed by atoms with E-state index in [0.717, 1.165) is 29.2 Å². The first-order valence-corrected chi connectivity index (χ1v) is 9.71. The van der Waals surface area contributed by atoms with E-state index < -0.39 is 5.91 Å².